The third kappa shape index (κ3) is 3.09. The first-order valence-electron chi connectivity index (χ1n) is 8.20. The Kier molecular flexibility index (Phi) is 4.62. The zero-order valence-electron chi connectivity index (χ0n) is 13.2. The lowest BCUT2D eigenvalue weighted by Gasteiger charge is -2.37. The number of pyridine rings is 1. The Labute approximate surface area is 130 Å². The molecule has 0 N–H and O–H groups in total. The third-order valence-corrected chi connectivity index (χ3v) is 5.09. The minimum atomic E-state index is -0.139. The average Bonchev–Trinajstić information content (AvgIpc) is 2.58. The number of amides is 1. The SMILES string of the molecule is Cn1c(C(=O)N2CCC(C3CCCOC3)CC2)cccc1=O. The average molecular weight is 304 g/mol. The molecule has 0 radical (unpaired) electrons. The molecular formula is C17H24N2O3. The number of rotatable bonds is 2. The van der Waals surface area contributed by atoms with Crippen LogP contribution in [0.15, 0.2) is 23.0 Å². The first kappa shape index (κ1) is 15.3. The van der Waals surface area contributed by atoms with Crippen LogP contribution in [0.25, 0.3) is 0 Å². The van der Waals surface area contributed by atoms with Crippen LogP contribution in [0.5, 0.6) is 0 Å². The van der Waals surface area contributed by atoms with Crippen LogP contribution in [0, 0.1) is 11.8 Å². The van der Waals surface area contributed by atoms with E-state index in [1.807, 2.05) is 4.90 Å². The molecular weight excluding hydrogens is 280 g/mol. The van der Waals surface area contributed by atoms with Crippen molar-refractivity contribution < 1.29 is 9.53 Å². The lowest BCUT2D eigenvalue weighted by molar-refractivity contribution is 0.0138. The van der Waals surface area contributed by atoms with Crippen molar-refractivity contribution in [2.45, 2.75) is 25.7 Å². The Balaban J connectivity index is 1.62. The molecule has 0 aromatic carbocycles. The lowest BCUT2D eigenvalue weighted by atomic mass is 9.81. The number of nitrogens with zero attached hydrogens (tertiary/aromatic N) is 2. The van der Waals surface area contributed by atoms with E-state index in [0.717, 1.165) is 45.6 Å². The summed E-state index contributed by atoms with van der Waals surface area (Å²) in [6.07, 6.45) is 4.50. The molecule has 3 heterocycles. The number of hydrogen-bond donors (Lipinski definition) is 0. The van der Waals surface area contributed by atoms with Crippen LogP contribution in [-0.2, 0) is 11.8 Å². The van der Waals surface area contributed by atoms with Gasteiger partial charge in [-0.3, -0.25) is 9.59 Å². The van der Waals surface area contributed by atoms with Gasteiger partial charge in [0.05, 0.1) is 0 Å². The maximum atomic E-state index is 12.6. The van der Waals surface area contributed by atoms with Gasteiger partial charge in [-0.1, -0.05) is 6.07 Å². The molecule has 2 aliphatic heterocycles. The Morgan fingerprint density at radius 1 is 1.18 bits per heavy atom. The number of carbonyl (C=O) groups excluding carboxylic acids is 1. The smallest absolute Gasteiger partial charge is 0.270 e. The summed E-state index contributed by atoms with van der Waals surface area (Å²) in [4.78, 5) is 26.1. The molecule has 2 aliphatic rings. The van der Waals surface area contributed by atoms with Crippen molar-refractivity contribution in [3.63, 3.8) is 0 Å². The molecule has 1 atom stereocenters. The molecule has 1 amide bonds. The lowest BCUT2D eigenvalue weighted by Crippen LogP contribution is -2.42. The van der Waals surface area contributed by atoms with E-state index in [4.69, 9.17) is 4.74 Å². The highest BCUT2D eigenvalue weighted by Crippen LogP contribution is 2.31. The molecule has 3 rings (SSSR count). The molecule has 1 aromatic heterocycles. The van der Waals surface area contributed by atoms with E-state index < -0.39 is 0 Å². The molecule has 0 spiro atoms. The molecule has 22 heavy (non-hydrogen) atoms. The topological polar surface area (TPSA) is 51.5 Å². The van der Waals surface area contributed by atoms with Crippen LogP contribution in [0.2, 0.25) is 0 Å². The van der Waals surface area contributed by atoms with E-state index in [1.54, 1.807) is 19.2 Å². The van der Waals surface area contributed by atoms with Gasteiger partial charge in [0.2, 0.25) is 0 Å². The van der Waals surface area contributed by atoms with Gasteiger partial charge in [0.25, 0.3) is 11.5 Å². The Morgan fingerprint density at radius 2 is 1.95 bits per heavy atom. The fraction of sp³-hybridized carbons (Fsp3) is 0.647. The maximum absolute atomic E-state index is 12.6. The fourth-order valence-corrected chi connectivity index (χ4v) is 3.65. The summed E-state index contributed by atoms with van der Waals surface area (Å²) in [7, 11) is 1.65. The largest absolute Gasteiger partial charge is 0.381 e. The summed E-state index contributed by atoms with van der Waals surface area (Å²) >= 11 is 0. The van der Waals surface area contributed by atoms with Crippen molar-refractivity contribution in [3.05, 3.63) is 34.2 Å². The highest BCUT2D eigenvalue weighted by molar-refractivity contribution is 5.92. The van der Waals surface area contributed by atoms with Gasteiger partial charge >= 0.3 is 0 Å². The number of aromatic nitrogens is 1. The fourth-order valence-electron chi connectivity index (χ4n) is 3.65. The van der Waals surface area contributed by atoms with Gasteiger partial charge in [0.15, 0.2) is 0 Å². The Hall–Kier alpha value is -1.62. The van der Waals surface area contributed by atoms with E-state index >= 15 is 0 Å². The number of ether oxygens (including phenoxy) is 1. The molecule has 5 nitrogen and oxygen atoms in total. The van der Waals surface area contributed by atoms with Crippen molar-refractivity contribution in [2.75, 3.05) is 26.3 Å². The minimum Gasteiger partial charge on any atom is -0.381 e. The zero-order chi connectivity index (χ0) is 15.5. The quantitative estimate of drug-likeness (QED) is 0.835. The van der Waals surface area contributed by atoms with Gasteiger partial charge in [-0.05, 0) is 43.6 Å². The van der Waals surface area contributed by atoms with Crippen LogP contribution in [0.3, 0.4) is 0 Å². The second-order valence-corrected chi connectivity index (χ2v) is 6.42. The second kappa shape index (κ2) is 6.65. The second-order valence-electron chi connectivity index (χ2n) is 6.42. The summed E-state index contributed by atoms with van der Waals surface area (Å²) < 4.78 is 7.02. The van der Waals surface area contributed by atoms with Crippen molar-refractivity contribution >= 4 is 5.91 Å². The zero-order valence-corrected chi connectivity index (χ0v) is 13.2. The molecule has 2 fully saturated rings. The van der Waals surface area contributed by atoms with Gasteiger partial charge in [-0.25, -0.2) is 0 Å². The van der Waals surface area contributed by atoms with Crippen LogP contribution in [-0.4, -0.2) is 41.7 Å². The van der Waals surface area contributed by atoms with Crippen LogP contribution < -0.4 is 5.56 Å². The first-order valence-corrected chi connectivity index (χ1v) is 8.20. The number of hydrogen-bond acceptors (Lipinski definition) is 3. The van der Waals surface area contributed by atoms with Crippen molar-refractivity contribution in [1.29, 1.82) is 0 Å². The summed E-state index contributed by atoms with van der Waals surface area (Å²) in [5.74, 6) is 1.30. The van der Waals surface area contributed by atoms with Gasteiger partial charge in [-0.2, -0.15) is 0 Å². The summed E-state index contributed by atoms with van der Waals surface area (Å²) in [5, 5.41) is 0. The monoisotopic (exact) mass is 304 g/mol. The first-order chi connectivity index (χ1) is 10.7. The predicted molar refractivity (Wildman–Crippen MR) is 83.9 cm³/mol. The highest BCUT2D eigenvalue weighted by Gasteiger charge is 2.30. The molecule has 2 saturated heterocycles. The van der Waals surface area contributed by atoms with Gasteiger partial charge < -0.3 is 14.2 Å². The molecule has 0 aliphatic carbocycles. The number of piperidine rings is 1. The van der Waals surface area contributed by atoms with Gasteiger partial charge in [-0.15, -0.1) is 0 Å². The van der Waals surface area contributed by atoms with E-state index in [9.17, 15) is 9.59 Å². The molecule has 5 heteroatoms. The van der Waals surface area contributed by atoms with Gasteiger partial charge in [0.1, 0.15) is 5.69 Å². The number of likely N-dealkylation sites (tertiary alicyclic amines) is 1. The Bertz CT molecular complexity index is 582. The normalized spacial score (nSPS) is 23.5. The molecule has 0 bridgehead atoms. The maximum Gasteiger partial charge on any atom is 0.270 e. The van der Waals surface area contributed by atoms with Crippen molar-refractivity contribution in [3.8, 4) is 0 Å². The Morgan fingerprint density at radius 3 is 2.64 bits per heavy atom. The summed E-state index contributed by atoms with van der Waals surface area (Å²) in [6.45, 7) is 3.34. The van der Waals surface area contributed by atoms with Gasteiger partial charge in [0, 0.05) is 39.4 Å². The van der Waals surface area contributed by atoms with E-state index in [0.29, 0.717) is 17.5 Å². The molecule has 120 valence electrons. The third-order valence-electron chi connectivity index (χ3n) is 5.09. The highest BCUT2D eigenvalue weighted by atomic mass is 16.5. The van der Waals surface area contributed by atoms with Crippen molar-refractivity contribution in [2.24, 2.45) is 18.9 Å². The van der Waals surface area contributed by atoms with E-state index in [2.05, 4.69) is 0 Å². The van der Waals surface area contributed by atoms with E-state index in [-0.39, 0.29) is 11.5 Å². The van der Waals surface area contributed by atoms with Crippen LogP contribution in [0.1, 0.15) is 36.2 Å². The minimum absolute atomic E-state index is 0.0291. The molecule has 1 aromatic rings. The molecule has 0 saturated carbocycles. The summed E-state index contributed by atoms with van der Waals surface area (Å²) in [6, 6.07) is 4.86. The number of carbonyl (C=O) groups is 1. The summed E-state index contributed by atoms with van der Waals surface area (Å²) in [5.41, 5.74) is 0.340. The predicted octanol–water partition coefficient (Wildman–Crippen LogP) is 1.66. The van der Waals surface area contributed by atoms with Crippen LogP contribution >= 0.6 is 0 Å². The molecule has 1 unspecified atom stereocenters. The van der Waals surface area contributed by atoms with Crippen LogP contribution in [0.4, 0.5) is 0 Å². The van der Waals surface area contributed by atoms with Crippen molar-refractivity contribution in [1.82, 2.24) is 9.47 Å². The standard InChI is InChI=1S/C17H24N2O3/c1-18-15(5-2-6-16(18)20)17(21)19-9-7-13(8-10-19)14-4-3-11-22-12-14/h2,5-6,13-14H,3-4,7-12H2,1H3. The van der Waals surface area contributed by atoms with E-state index in [1.165, 1.54) is 17.1 Å².